The van der Waals surface area contributed by atoms with Gasteiger partial charge in [-0.3, -0.25) is 4.90 Å². The SMILES string of the molecule is NCCCC1CN(c2ccc(Cl)cc2)C(=O)O1. The van der Waals surface area contributed by atoms with Gasteiger partial charge in [-0.05, 0) is 43.7 Å². The number of hydrogen-bond acceptors (Lipinski definition) is 3. The van der Waals surface area contributed by atoms with E-state index in [1.54, 1.807) is 17.0 Å². The van der Waals surface area contributed by atoms with Crippen LogP contribution in [0, 0.1) is 0 Å². The fourth-order valence-electron chi connectivity index (χ4n) is 1.85. The molecule has 5 heteroatoms. The largest absolute Gasteiger partial charge is 0.444 e. The molecule has 0 aromatic heterocycles. The first kappa shape index (κ1) is 12.2. The summed E-state index contributed by atoms with van der Waals surface area (Å²) in [6.45, 7) is 1.20. The lowest BCUT2D eigenvalue weighted by molar-refractivity contribution is 0.136. The summed E-state index contributed by atoms with van der Waals surface area (Å²) in [4.78, 5) is 13.3. The van der Waals surface area contributed by atoms with Gasteiger partial charge >= 0.3 is 6.09 Å². The van der Waals surface area contributed by atoms with E-state index in [-0.39, 0.29) is 12.2 Å². The van der Waals surface area contributed by atoms with Crippen molar-refractivity contribution in [3.63, 3.8) is 0 Å². The van der Waals surface area contributed by atoms with Crippen LogP contribution < -0.4 is 10.6 Å². The first-order valence-electron chi connectivity index (χ1n) is 5.64. The lowest BCUT2D eigenvalue weighted by Crippen LogP contribution is -2.24. The van der Waals surface area contributed by atoms with E-state index in [4.69, 9.17) is 22.1 Å². The zero-order valence-electron chi connectivity index (χ0n) is 9.43. The Labute approximate surface area is 105 Å². The van der Waals surface area contributed by atoms with Crippen molar-refractivity contribution in [2.75, 3.05) is 18.0 Å². The average molecular weight is 255 g/mol. The minimum absolute atomic E-state index is 0.0540. The molecular formula is C12H15ClN2O2. The number of ether oxygens (including phenoxy) is 1. The Morgan fingerprint density at radius 2 is 2.12 bits per heavy atom. The molecule has 1 amide bonds. The van der Waals surface area contributed by atoms with Crippen LogP contribution in [0.3, 0.4) is 0 Å². The fraction of sp³-hybridized carbons (Fsp3) is 0.417. The summed E-state index contributed by atoms with van der Waals surface area (Å²) < 4.78 is 5.26. The standard InChI is InChI=1S/C12H15ClN2O2/c13-9-3-5-10(6-4-9)15-8-11(2-1-7-14)17-12(15)16/h3-6,11H,1-2,7-8,14H2. The third-order valence-electron chi connectivity index (χ3n) is 2.74. The molecule has 1 aliphatic heterocycles. The zero-order valence-corrected chi connectivity index (χ0v) is 10.2. The lowest BCUT2D eigenvalue weighted by atomic mass is 10.2. The van der Waals surface area contributed by atoms with Crippen LogP contribution >= 0.6 is 11.6 Å². The summed E-state index contributed by atoms with van der Waals surface area (Å²) >= 11 is 5.80. The number of nitrogens with zero attached hydrogens (tertiary/aromatic N) is 1. The van der Waals surface area contributed by atoms with E-state index >= 15 is 0 Å². The van der Waals surface area contributed by atoms with Gasteiger partial charge in [-0.25, -0.2) is 4.79 Å². The smallest absolute Gasteiger partial charge is 0.414 e. The molecule has 0 aliphatic carbocycles. The van der Waals surface area contributed by atoms with Gasteiger partial charge in [0.25, 0.3) is 0 Å². The van der Waals surface area contributed by atoms with Crippen molar-refractivity contribution >= 4 is 23.4 Å². The van der Waals surface area contributed by atoms with Crippen molar-refractivity contribution in [2.45, 2.75) is 18.9 Å². The number of rotatable bonds is 4. The van der Waals surface area contributed by atoms with Crippen molar-refractivity contribution in [3.05, 3.63) is 29.3 Å². The number of cyclic esters (lactones) is 1. The molecular weight excluding hydrogens is 240 g/mol. The molecule has 2 rings (SSSR count). The Balaban J connectivity index is 2.02. The van der Waals surface area contributed by atoms with Gasteiger partial charge in [0.05, 0.1) is 6.54 Å². The number of benzene rings is 1. The highest BCUT2D eigenvalue weighted by atomic mass is 35.5. The number of carbonyl (C=O) groups is 1. The molecule has 1 saturated heterocycles. The third kappa shape index (κ3) is 2.90. The lowest BCUT2D eigenvalue weighted by Gasteiger charge is -2.12. The van der Waals surface area contributed by atoms with Crippen molar-refractivity contribution in [2.24, 2.45) is 5.73 Å². The highest BCUT2D eigenvalue weighted by Gasteiger charge is 2.31. The Hall–Kier alpha value is -1.26. The van der Waals surface area contributed by atoms with Crippen LogP contribution in [0.25, 0.3) is 0 Å². The second-order valence-electron chi connectivity index (χ2n) is 4.02. The third-order valence-corrected chi connectivity index (χ3v) is 2.99. The van der Waals surface area contributed by atoms with Crippen molar-refractivity contribution < 1.29 is 9.53 Å². The molecule has 0 spiro atoms. The van der Waals surface area contributed by atoms with Crippen LogP contribution in [0.5, 0.6) is 0 Å². The number of halogens is 1. The Kier molecular flexibility index (Phi) is 3.86. The van der Waals surface area contributed by atoms with Gasteiger partial charge in [0.2, 0.25) is 0 Å². The maximum absolute atomic E-state index is 11.7. The first-order chi connectivity index (χ1) is 8.20. The second kappa shape index (κ2) is 5.38. The predicted molar refractivity (Wildman–Crippen MR) is 67.4 cm³/mol. The summed E-state index contributed by atoms with van der Waals surface area (Å²) in [6.07, 6.45) is 1.33. The molecule has 0 bridgehead atoms. The van der Waals surface area contributed by atoms with Gasteiger partial charge in [0.1, 0.15) is 6.10 Å². The minimum Gasteiger partial charge on any atom is -0.444 e. The zero-order chi connectivity index (χ0) is 12.3. The van der Waals surface area contributed by atoms with Crippen LogP contribution in [0.15, 0.2) is 24.3 Å². The molecule has 17 heavy (non-hydrogen) atoms. The Bertz CT molecular complexity index is 394. The fourth-order valence-corrected chi connectivity index (χ4v) is 1.98. The highest BCUT2D eigenvalue weighted by Crippen LogP contribution is 2.24. The van der Waals surface area contributed by atoms with E-state index < -0.39 is 0 Å². The molecule has 1 fully saturated rings. The maximum Gasteiger partial charge on any atom is 0.414 e. The van der Waals surface area contributed by atoms with E-state index in [9.17, 15) is 4.79 Å². The van der Waals surface area contributed by atoms with Crippen molar-refractivity contribution in [1.82, 2.24) is 0 Å². The number of anilines is 1. The monoisotopic (exact) mass is 254 g/mol. The van der Waals surface area contributed by atoms with E-state index in [0.717, 1.165) is 18.5 Å². The summed E-state index contributed by atoms with van der Waals surface area (Å²) in [6, 6.07) is 7.15. The van der Waals surface area contributed by atoms with Crippen molar-refractivity contribution in [3.8, 4) is 0 Å². The molecule has 1 heterocycles. The normalized spacial score (nSPS) is 19.5. The molecule has 1 aromatic rings. The van der Waals surface area contributed by atoms with Gasteiger partial charge in [0, 0.05) is 10.7 Å². The number of nitrogens with two attached hydrogens (primary N) is 1. The van der Waals surface area contributed by atoms with E-state index in [1.807, 2.05) is 12.1 Å². The van der Waals surface area contributed by atoms with Gasteiger partial charge in [-0.2, -0.15) is 0 Å². The molecule has 1 aliphatic rings. The van der Waals surface area contributed by atoms with Crippen LogP contribution in [0.2, 0.25) is 5.02 Å². The average Bonchev–Trinajstić information content (AvgIpc) is 2.69. The number of hydrogen-bond donors (Lipinski definition) is 1. The summed E-state index contributed by atoms with van der Waals surface area (Å²) in [5.41, 5.74) is 6.25. The molecule has 2 N–H and O–H groups in total. The van der Waals surface area contributed by atoms with Crippen molar-refractivity contribution in [1.29, 1.82) is 0 Å². The van der Waals surface area contributed by atoms with Crippen LogP contribution in [-0.4, -0.2) is 25.3 Å². The molecule has 0 radical (unpaired) electrons. The number of carbonyl (C=O) groups excluding carboxylic acids is 1. The topological polar surface area (TPSA) is 55.6 Å². The molecule has 4 nitrogen and oxygen atoms in total. The van der Waals surface area contributed by atoms with E-state index in [2.05, 4.69) is 0 Å². The Morgan fingerprint density at radius 1 is 1.41 bits per heavy atom. The second-order valence-corrected chi connectivity index (χ2v) is 4.46. The van der Waals surface area contributed by atoms with Gasteiger partial charge in [0.15, 0.2) is 0 Å². The molecule has 1 unspecified atom stereocenters. The molecule has 1 aromatic carbocycles. The van der Waals surface area contributed by atoms with Gasteiger partial charge < -0.3 is 10.5 Å². The van der Waals surface area contributed by atoms with Gasteiger partial charge in [-0.15, -0.1) is 0 Å². The van der Waals surface area contributed by atoms with Crippen LogP contribution in [0.1, 0.15) is 12.8 Å². The summed E-state index contributed by atoms with van der Waals surface area (Å²) in [7, 11) is 0. The summed E-state index contributed by atoms with van der Waals surface area (Å²) in [5, 5.41) is 0.654. The highest BCUT2D eigenvalue weighted by molar-refractivity contribution is 6.30. The quantitative estimate of drug-likeness (QED) is 0.898. The first-order valence-corrected chi connectivity index (χ1v) is 6.02. The van der Waals surface area contributed by atoms with E-state index in [1.165, 1.54) is 0 Å². The van der Waals surface area contributed by atoms with Crippen LogP contribution in [-0.2, 0) is 4.74 Å². The molecule has 1 atom stereocenters. The van der Waals surface area contributed by atoms with Crippen LogP contribution in [0.4, 0.5) is 10.5 Å². The maximum atomic E-state index is 11.7. The molecule has 92 valence electrons. The van der Waals surface area contributed by atoms with Gasteiger partial charge in [-0.1, -0.05) is 11.6 Å². The predicted octanol–water partition coefficient (Wildman–Crippen LogP) is 2.40. The molecule has 0 saturated carbocycles. The Morgan fingerprint density at radius 3 is 2.76 bits per heavy atom. The van der Waals surface area contributed by atoms with E-state index in [0.29, 0.717) is 18.1 Å². The number of amides is 1. The minimum atomic E-state index is -0.297. The summed E-state index contributed by atoms with van der Waals surface area (Å²) in [5.74, 6) is 0.